The predicted octanol–water partition coefficient (Wildman–Crippen LogP) is 1.06. The quantitative estimate of drug-likeness (QED) is 0.865. The van der Waals surface area contributed by atoms with Gasteiger partial charge < -0.3 is 10.6 Å². The van der Waals surface area contributed by atoms with E-state index in [4.69, 9.17) is 5.73 Å². The molecule has 1 atom stereocenters. The Hall–Kier alpha value is -1.65. The first kappa shape index (κ1) is 11.4. The molecule has 2 fully saturated rings. The standard InChI is InChI=1S/C13H18N4O/c14-12(18)10-2-1-7-17(8-10)11-5-6-15-13(16-11)9-3-4-9/h5-6,9-10H,1-4,7-8H2,(H2,14,18). The highest BCUT2D eigenvalue weighted by molar-refractivity contribution is 5.77. The second kappa shape index (κ2) is 4.55. The van der Waals surface area contributed by atoms with E-state index in [1.807, 2.05) is 12.3 Å². The highest BCUT2D eigenvalue weighted by Gasteiger charge is 2.28. The Morgan fingerprint density at radius 2 is 2.22 bits per heavy atom. The zero-order chi connectivity index (χ0) is 12.5. The van der Waals surface area contributed by atoms with Crippen LogP contribution in [0.25, 0.3) is 0 Å². The molecule has 5 heteroatoms. The second-order valence-electron chi connectivity index (χ2n) is 5.23. The number of hydrogen-bond donors (Lipinski definition) is 1. The molecule has 1 aromatic rings. The Labute approximate surface area is 106 Å². The number of rotatable bonds is 3. The monoisotopic (exact) mass is 246 g/mol. The molecule has 96 valence electrons. The third-order valence-corrected chi connectivity index (χ3v) is 3.75. The van der Waals surface area contributed by atoms with Crippen LogP contribution in [0.1, 0.15) is 37.4 Å². The molecule has 1 unspecified atom stereocenters. The number of nitrogens with two attached hydrogens (primary N) is 1. The maximum absolute atomic E-state index is 11.3. The Kier molecular flexibility index (Phi) is 2.89. The summed E-state index contributed by atoms with van der Waals surface area (Å²) >= 11 is 0. The van der Waals surface area contributed by atoms with Gasteiger partial charge in [-0.1, -0.05) is 0 Å². The van der Waals surface area contributed by atoms with Crippen molar-refractivity contribution in [3.8, 4) is 0 Å². The van der Waals surface area contributed by atoms with Gasteiger partial charge in [-0.15, -0.1) is 0 Å². The van der Waals surface area contributed by atoms with Crippen LogP contribution in [0.3, 0.4) is 0 Å². The SMILES string of the molecule is NC(=O)C1CCCN(c2ccnc(C3CC3)n2)C1. The number of nitrogens with zero attached hydrogens (tertiary/aromatic N) is 3. The normalized spacial score (nSPS) is 24.0. The van der Waals surface area contributed by atoms with Crippen LogP contribution in [0.2, 0.25) is 0 Å². The van der Waals surface area contributed by atoms with E-state index in [2.05, 4.69) is 14.9 Å². The molecule has 1 aromatic heterocycles. The van der Waals surface area contributed by atoms with Gasteiger partial charge in [0, 0.05) is 25.2 Å². The summed E-state index contributed by atoms with van der Waals surface area (Å²) in [6.45, 7) is 1.64. The molecule has 1 saturated carbocycles. The fourth-order valence-electron chi connectivity index (χ4n) is 2.50. The first-order chi connectivity index (χ1) is 8.74. The van der Waals surface area contributed by atoms with Gasteiger partial charge in [-0.25, -0.2) is 9.97 Å². The molecule has 3 rings (SSSR count). The molecule has 1 aliphatic carbocycles. The summed E-state index contributed by atoms with van der Waals surface area (Å²) in [5.41, 5.74) is 5.40. The molecule has 2 heterocycles. The Morgan fingerprint density at radius 3 is 2.94 bits per heavy atom. The highest BCUT2D eigenvalue weighted by Crippen LogP contribution is 2.38. The lowest BCUT2D eigenvalue weighted by atomic mass is 9.97. The number of hydrogen-bond acceptors (Lipinski definition) is 4. The van der Waals surface area contributed by atoms with Crippen LogP contribution < -0.4 is 10.6 Å². The molecule has 0 radical (unpaired) electrons. The average molecular weight is 246 g/mol. The summed E-state index contributed by atoms with van der Waals surface area (Å²) in [4.78, 5) is 22.4. The van der Waals surface area contributed by atoms with Gasteiger partial charge in [0.05, 0.1) is 5.92 Å². The number of carbonyl (C=O) groups is 1. The molecule has 0 aromatic carbocycles. The first-order valence-electron chi connectivity index (χ1n) is 6.61. The summed E-state index contributed by atoms with van der Waals surface area (Å²) in [7, 11) is 0. The fraction of sp³-hybridized carbons (Fsp3) is 0.615. The molecule has 2 aliphatic rings. The number of piperidine rings is 1. The molecule has 1 amide bonds. The smallest absolute Gasteiger partial charge is 0.222 e. The Balaban J connectivity index is 1.76. The van der Waals surface area contributed by atoms with Crippen molar-refractivity contribution in [2.75, 3.05) is 18.0 Å². The summed E-state index contributed by atoms with van der Waals surface area (Å²) in [5.74, 6) is 2.21. The summed E-state index contributed by atoms with van der Waals surface area (Å²) in [6, 6.07) is 1.93. The van der Waals surface area contributed by atoms with E-state index in [0.29, 0.717) is 12.5 Å². The fourth-order valence-corrected chi connectivity index (χ4v) is 2.50. The third-order valence-electron chi connectivity index (χ3n) is 3.75. The zero-order valence-electron chi connectivity index (χ0n) is 10.4. The number of primary amides is 1. The van der Waals surface area contributed by atoms with Gasteiger partial charge in [0.2, 0.25) is 5.91 Å². The minimum Gasteiger partial charge on any atom is -0.369 e. The lowest BCUT2D eigenvalue weighted by molar-refractivity contribution is -0.122. The molecular formula is C13H18N4O. The average Bonchev–Trinajstić information content (AvgIpc) is 3.23. The van der Waals surface area contributed by atoms with Gasteiger partial charge in [0.15, 0.2) is 0 Å². The molecule has 2 N–H and O–H groups in total. The largest absolute Gasteiger partial charge is 0.369 e. The summed E-state index contributed by atoms with van der Waals surface area (Å²) in [5, 5.41) is 0. The number of aromatic nitrogens is 2. The van der Waals surface area contributed by atoms with Crippen molar-refractivity contribution in [1.82, 2.24) is 9.97 Å². The van der Waals surface area contributed by atoms with Crippen molar-refractivity contribution in [2.45, 2.75) is 31.6 Å². The summed E-state index contributed by atoms with van der Waals surface area (Å²) < 4.78 is 0. The van der Waals surface area contributed by atoms with Gasteiger partial charge >= 0.3 is 0 Å². The first-order valence-corrected chi connectivity index (χ1v) is 6.61. The van der Waals surface area contributed by atoms with E-state index in [1.165, 1.54) is 12.8 Å². The molecule has 18 heavy (non-hydrogen) atoms. The van der Waals surface area contributed by atoms with E-state index in [0.717, 1.165) is 31.0 Å². The van der Waals surface area contributed by atoms with Crippen molar-refractivity contribution in [2.24, 2.45) is 11.7 Å². The Bertz CT molecular complexity index is 458. The minimum absolute atomic E-state index is 0.0434. The van der Waals surface area contributed by atoms with E-state index in [-0.39, 0.29) is 11.8 Å². The van der Waals surface area contributed by atoms with Crippen LogP contribution in [0.4, 0.5) is 5.82 Å². The minimum atomic E-state index is -0.198. The van der Waals surface area contributed by atoms with E-state index in [9.17, 15) is 4.79 Å². The third kappa shape index (κ3) is 2.30. The predicted molar refractivity (Wildman–Crippen MR) is 68.1 cm³/mol. The number of anilines is 1. The van der Waals surface area contributed by atoms with Crippen molar-refractivity contribution in [3.63, 3.8) is 0 Å². The molecule has 0 spiro atoms. The van der Waals surface area contributed by atoms with E-state index in [1.54, 1.807) is 0 Å². The Morgan fingerprint density at radius 1 is 1.39 bits per heavy atom. The van der Waals surface area contributed by atoms with Crippen LogP contribution in [0.15, 0.2) is 12.3 Å². The summed E-state index contributed by atoms with van der Waals surface area (Å²) in [6.07, 6.45) is 6.12. The van der Waals surface area contributed by atoms with E-state index >= 15 is 0 Å². The van der Waals surface area contributed by atoms with Crippen molar-refractivity contribution in [1.29, 1.82) is 0 Å². The van der Waals surface area contributed by atoms with Crippen LogP contribution >= 0.6 is 0 Å². The molecular weight excluding hydrogens is 228 g/mol. The maximum Gasteiger partial charge on any atom is 0.222 e. The number of amides is 1. The van der Waals surface area contributed by atoms with Gasteiger partial charge in [-0.2, -0.15) is 0 Å². The zero-order valence-corrected chi connectivity index (χ0v) is 10.4. The van der Waals surface area contributed by atoms with Crippen LogP contribution in [0, 0.1) is 5.92 Å². The van der Waals surface area contributed by atoms with Gasteiger partial charge in [-0.3, -0.25) is 4.79 Å². The van der Waals surface area contributed by atoms with E-state index < -0.39 is 0 Å². The van der Waals surface area contributed by atoms with Crippen molar-refractivity contribution in [3.05, 3.63) is 18.1 Å². The lowest BCUT2D eigenvalue weighted by Gasteiger charge is -2.32. The molecule has 0 bridgehead atoms. The van der Waals surface area contributed by atoms with Gasteiger partial charge in [0.25, 0.3) is 0 Å². The molecule has 5 nitrogen and oxygen atoms in total. The topological polar surface area (TPSA) is 72.1 Å². The second-order valence-corrected chi connectivity index (χ2v) is 5.23. The maximum atomic E-state index is 11.3. The highest BCUT2D eigenvalue weighted by atomic mass is 16.1. The van der Waals surface area contributed by atoms with Crippen molar-refractivity contribution >= 4 is 11.7 Å². The lowest BCUT2D eigenvalue weighted by Crippen LogP contribution is -2.41. The van der Waals surface area contributed by atoms with Crippen molar-refractivity contribution < 1.29 is 4.79 Å². The van der Waals surface area contributed by atoms with Crippen LogP contribution in [-0.4, -0.2) is 29.0 Å². The number of carbonyl (C=O) groups excluding carboxylic acids is 1. The van der Waals surface area contributed by atoms with Gasteiger partial charge in [-0.05, 0) is 31.7 Å². The molecule has 1 aliphatic heterocycles. The van der Waals surface area contributed by atoms with Crippen LogP contribution in [0.5, 0.6) is 0 Å². The van der Waals surface area contributed by atoms with Crippen LogP contribution in [-0.2, 0) is 4.79 Å². The van der Waals surface area contributed by atoms with Gasteiger partial charge in [0.1, 0.15) is 11.6 Å². The molecule has 1 saturated heterocycles.